The molecule has 0 saturated heterocycles. The van der Waals surface area contributed by atoms with Gasteiger partial charge in [-0.1, -0.05) is 202 Å². The minimum absolute atomic E-state index is 0.343. The van der Waals surface area contributed by atoms with E-state index in [1.165, 1.54) is 99.8 Å². The van der Waals surface area contributed by atoms with Crippen molar-refractivity contribution < 1.29 is 4.55 Å². The molecule has 0 amide bonds. The van der Waals surface area contributed by atoms with Crippen LogP contribution in [0.3, 0.4) is 0 Å². The first-order chi connectivity index (χ1) is 32.8. The maximum absolute atomic E-state index is 11.1. The lowest BCUT2D eigenvalue weighted by atomic mass is 9.80. The van der Waals surface area contributed by atoms with E-state index >= 15 is 0 Å². The summed E-state index contributed by atoms with van der Waals surface area (Å²) in [5, 5.41) is 0. The Labute approximate surface area is 425 Å². The molecule has 0 unspecified atom stereocenters. The largest absolute Gasteiger partial charge is 0.320 e. The second-order valence-electron chi connectivity index (χ2n) is 21.9. The maximum atomic E-state index is 11.1. The summed E-state index contributed by atoms with van der Waals surface area (Å²) in [6.07, 6.45) is 0. The van der Waals surface area contributed by atoms with E-state index in [4.69, 9.17) is 0 Å². The predicted molar refractivity (Wildman–Crippen MR) is 308 cm³/mol. The van der Waals surface area contributed by atoms with Crippen molar-refractivity contribution in [2.24, 2.45) is 0 Å². The van der Waals surface area contributed by atoms with Gasteiger partial charge >= 0.3 is 0 Å². The average molecular weight is 951 g/mol. The Morgan fingerprint density at radius 1 is 0.275 bits per heavy atom. The predicted octanol–water partition coefficient (Wildman–Crippen LogP) is 21.9. The first-order valence-electron chi connectivity index (χ1n) is 25.8. The molecule has 0 atom stereocenters. The van der Waals surface area contributed by atoms with Crippen molar-refractivity contribution in [1.29, 1.82) is 0 Å². The van der Waals surface area contributed by atoms with E-state index in [-0.39, 0.29) is 0 Å². The molecule has 0 radical (unpaired) electrons. The van der Waals surface area contributed by atoms with Gasteiger partial charge < -0.3 is 4.55 Å². The van der Waals surface area contributed by atoms with Crippen molar-refractivity contribution >= 4 is 21.9 Å². The molecule has 0 aliphatic rings. The van der Waals surface area contributed by atoms with Gasteiger partial charge in [0.1, 0.15) is 0 Å². The fourth-order valence-corrected chi connectivity index (χ4v) is 12.2. The standard InChI is InChI=1S/C66H78OS2/c1-38(2)52-22-17-23-53(39(3)4)62(52)48-32-46(33-49(36-48)63-54(40(5)6)24-18-25-55(63)41(7)8)60-30-21-31-61(66(60)68-69-67)47-34-50(64-56(42(9)10)26-19-27-57(64)43(11)12)37-51(35-47)65-58(44(13)14)28-20-29-59(65)45(15)16/h17-45,67H,1-16H3. The monoisotopic (exact) mass is 951 g/mol. The van der Waals surface area contributed by atoms with Gasteiger partial charge in [0.2, 0.25) is 0 Å². The van der Waals surface area contributed by atoms with E-state index in [1.807, 2.05) is 0 Å². The summed E-state index contributed by atoms with van der Waals surface area (Å²) in [4.78, 5) is 1.06. The van der Waals surface area contributed by atoms with Gasteiger partial charge in [0.05, 0.1) is 11.1 Å². The Hall–Kier alpha value is -4.80. The molecule has 0 saturated carbocycles. The zero-order valence-corrected chi connectivity index (χ0v) is 46.1. The van der Waals surface area contributed by atoms with Crippen LogP contribution in [0.2, 0.25) is 0 Å². The van der Waals surface area contributed by atoms with Crippen molar-refractivity contribution in [1.82, 2.24) is 0 Å². The first kappa shape index (κ1) is 52.0. The molecule has 69 heavy (non-hydrogen) atoms. The lowest BCUT2D eigenvalue weighted by Gasteiger charge is -2.25. The van der Waals surface area contributed by atoms with Gasteiger partial charge in [-0.15, -0.1) is 0 Å². The van der Waals surface area contributed by atoms with Crippen LogP contribution in [0.15, 0.2) is 132 Å². The van der Waals surface area contributed by atoms with Crippen LogP contribution in [-0.4, -0.2) is 4.55 Å². The third-order valence-electron chi connectivity index (χ3n) is 14.3. The highest BCUT2D eigenvalue weighted by atomic mass is 33.1. The Balaban J connectivity index is 1.63. The molecule has 7 rings (SSSR count). The van der Waals surface area contributed by atoms with Crippen LogP contribution < -0.4 is 0 Å². The Bertz CT molecular complexity index is 2460. The van der Waals surface area contributed by atoms with E-state index < -0.39 is 0 Å². The van der Waals surface area contributed by atoms with Crippen molar-refractivity contribution in [2.45, 2.75) is 163 Å². The summed E-state index contributed by atoms with van der Waals surface area (Å²) in [7, 11) is 1.46. The van der Waals surface area contributed by atoms with Gasteiger partial charge in [-0.2, -0.15) is 0 Å². The molecular weight excluding hydrogens is 873 g/mol. The zero-order chi connectivity index (χ0) is 50.0. The lowest BCUT2D eigenvalue weighted by molar-refractivity contribution is 0.676. The second-order valence-corrected chi connectivity index (χ2v) is 23.6. The minimum Gasteiger partial charge on any atom is -0.320 e. The quantitative estimate of drug-likeness (QED) is 0.0770. The van der Waals surface area contributed by atoms with Crippen LogP contribution in [0, 0.1) is 0 Å². The molecule has 7 aromatic rings. The van der Waals surface area contributed by atoms with Gasteiger partial charge in [-0.25, -0.2) is 0 Å². The second kappa shape index (κ2) is 22.1. The maximum Gasteiger partial charge on any atom is 0.0646 e. The molecule has 7 aromatic carbocycles. The molecule has 0 heterocycles. The molecule has 0 fully saturated rings. The van der Waals surface area contributed by atoms with Crippen molar-refractivity contribution in [3.05, 3.63) is 172 Å². The first-order valence-corrected chi connectivity index (χ1v) is 27.9. The summed E-state index contributed by atoms with van der Waals surface area (Å²) in [6.45, 7) is 37.2. The van der Waals surface area contributed by atoms with E-state index in [0.29, 0.717) is 47.3 Å². The van der Waals surface area contributed by atoms with Gasteiger partial charge in [-0.05, 0) is 206 Å². The summed E-state index contributed by atoms with van der Waals surface area (Å²) in [6, 6.07) is 49.2. The molecule has 0 aromatic heterocycles. The van der Waals surface area contributed by atoms with Crippen molar-refractivity contribution in [3.8, 4) is 66.8 Å². The van der Waals surface area contributed by atoms with Crippen LogP contribution in [0.1, 0.15) is 203 Å². The van der Waals surface area contributed by atoms with Crippen molar-refractivity contribution in [2.75, 3.05) is 0 Å². The number of rotatable bonds is 16. The number of benzene rings is 7. The molecule has 0 aliphatic carbocycles. The van der Waals surface area contributed by atoms with Crippen LogP contribution in [-0.2, 0) is 0 Å². The Morgan fingerprint density at radius 3 is 0.652 bits per heavy atom. The summed E-state index contributed by atoms with van der Waals surface area (Å²) in [5.74, 6) is 2.75. The average Bonchev–Trinajstić information content (AvgIpc) is 3.32. The highest BCUT2D eigenvalue weighted by molar-refractivity contribution is 8.74. The summed E-state index contributed by atoms with van der Waals surface area (Å²) < 4.78 is 11.1. The SMILES string of the molecule is CC(C)c1cccc(C(C)C)c1-c1cc(-c2cccc(-c3cc(-c4c(C(C)C)cccc4C(C)C)cc(-c4c(C(C)C)cccc4C(C)C)c3)c2SSO)cc(-c2c(C(C)C)cccc2C(C)C)c1. The van der Waals surface area contributed by atoms with Crippen molar-refractivity contribution in [3.63, 3.8) is 0 Å². The Kier molecular flexibility index (Phi) is 16.7. The fraction of sp³-hybridized carbons (Fsp3) is 0.364. The van der Waals surface area contributed by atoms with E-state index in [2.05, 4.69) is 238 Å². The third kappa shape index (κ3) is 10.8. The lowest BCUT2D eigenvalue weighted by Crippen LogP contribution is -2.03. The minimum atomic E-state index is 0.343. The van der Waals surface area contributed by atoms with Gasteiger partial charge in [0, 0.05) is 4.90 Å². The molecule has 360 valence electrons. The van der Waals surface area contributed by atoms with Crippen LogP contribution in [0.5, 0.6) is 0 Å². The fourth-order valence-electron chi connectivity index (χ4n) is 10.8. The van der Waals surface area contributed by atoms with Gasteiger partial charge in [-0.3, -0.25) is 0 Å². The summed E-state index contributed by atoms with van der Waals surface area (Å²) >= 11 is 0.842. The number of hydrogen-bond acceptors (Lipinski definition) is 3. The highest BCUT2D eigenvalue weighted by Crippen LogP contribution is 2.50. The van der Waals surface area contributed by atoms with E-state index in [0.717, 1.165) is 38.2 Å². The molecule has 3 heteroatoms. The molecule has 0 spiro atoms. The zero-order valence-electron chi connectivity index (χ0n) is 44.5. The van der Waals surface area contributed by atoms with Gasteiger partial charge in [0.25, 0.3) is 0 Å². The molecule has 1 N–H and O–H groups in total. The van der Waals surface area contributed by atoms with Gasteiger partial charge in [0.15, 0.2) is 0 Å². The molecule has 0 aliphatic heterocycles. The van der Waals surface area contributed by atoms with Crippen LogP contribution >= 0.6 is 21.9 Å². The Morgan fingerprint density at radius 2 is 0.464 bits per heavy atom. The van der Waals surface area contributed by atoms with E-state index in [9.17, 15) is 4.55 Å². The van der Waals surface area contributed by atoms with Crippen LogP contribution in [0.4, 0.5) is 0 Å². The number of hydrogen-bond donors (Lipinski definition) is 1. The third-order valence-corrected chi connectivity index (χ3v) is 15.7. The smallest absolute Gasteiger partial charge is 0.0646 e. The van der Waals surface area contributed by atoms with Crippen LogP contribution in [0.25, 0.3) is 66.8 Å². The molecule has 1 nitrogen and oxygen atoms in total. The summed E-state index contributed by atoms with van der Waals surface area (Å²) in [5.41, 5.74) is 25.8. The molecular formula is C66H78OS2. The topological polar surface area (TPSA) is 20.2 Å². The highest BCUT2D eigenvalue weighted by Gasteiger charge is 2.25. The van der Waals surface area contributed by atoms with E-state index in [1.54, 1.807) is 0 Å². The normalized spacial score (nSPS) is 12.1. The molecule has 0 bridgehead atoms.